The van der Waals surface area contributed by atoms with E-state index in [0.29, 0.717) is 16.7 Å². The molecule has 1 amide bonds. The summed E-state index contributed by atoms with van der Waals surface area (Å²) in [5.41, 5.74) is 8.61. The third-order valence-corrected chi connectivity index (χ3v) is 6.85. The molecule has 0 saturated heterocycles. The molecular formula is C29H32N4O2S. The molecule has 0 aliphatic carbocycles. The second-order valence-corrected chi connectivity index (χ2v) is 11.4. The number of benzene rings is 2. The summed E-state index contributed by atoms with van der Waals surface area (Å²) in [5.74, 6) is 0.865. The maximum Gasteiger partial charge on any atom is 0.243 e. The molecular weight excluding hydrogens is 468 g/mol. The summed E-state index contributed by atoms with van der Waals surface area (Å²) in [6.45, 7) is 10.4. The van der Waals surface area contributed by atoms with E-state index in [0.717, 1.165) is 27.4 Å². The van der Waals surface area contributed by atoms with Gasteiger partial charge >= 0.3 is 0 Å². The second-order valence-electron chi connectivity index (χ2n) is 10.4. The van der Waals surface area contributed by atoms with Crippen LogP contribution in [0.5, 0.6) is 11.6 Å². The molecule has 0 atom stereocenters. The van der Waals surface area contributed by atoms with Crippen LogP contribution in [-0.4, -0.2) is 15.9 Å². The molecule has 0 aliphatic heterocycles. The van der Waals surface area contributed by atoms with Gasteiger partial charge in [0.1, 0.15) is 11.4 Å². The summed E-state index contributed by atoms with van der Waals surface area (Å²) >= 11 is 1.53. The predicted octanol–water partition coefficient (Wildman–Crippen LogP) is 7.19. The molecule has 0 aliphatic rings. The molecule has 0 unspecified atom stereocenters. The minimum Gasteiger partial charge on any atom is -0.437 e. The van der Waals surface area contributed by atoms with Crippen LogP contribution in [0.25, 0.3) is 10.4 Å². The first-order chi connectivity index (χ1) is 17.0. The van der Waals surface area contributed by atoms with Gasteiger partial charge < -0.3 is 15.8 Å². The molecule has 0 radical (unpaired) electrons. The number of hydrogen-bond acceptors (Lipinski definition) is 6. The van der Waals surface area contributed by atoms with Gasteiger partial charge in [0.2, 0.25) is 11.8 Å². The maximum absolute atomic E-state index is 11.8. The van der Waals surface area contributed by atoms with Crippen LogP contribution in [0, 0.1) is 0 Å². The number of ether oxygens (including phenoxy) is 1. The molecule has 0 bridgehead atoms. The molecule has 0 spiro atoms. The van der Waals surface area contributed by atoms with Gasteiger partial charge in [0, 0.05) is 23.6 Å². The van der Waals surface area contributed by atoms with Crippen LogP contribution in [-0.2, 0) is 15.6 Å². The van der Waals surface area contributed by atoms with Gasteiger partial charge in [-0.25, -0.2) is 9.97 Å². The molecule has 4 aromatic rings. The number of primary amides is 1. The minimum absolute atomic E-state index is 0.0836. The van der Waals surface area contributed by atoms with Crippen molar-refractivity contribution in [1.29, 1.82) is 0 Å². The maximum atomic E-state index is 11.8. The van der Waals surface area contributed by atoms with E-state index in [1.165, 1.54) is 11.3 Å². The lowest BCUT2D eigenvalue weighted by molar-refractivity contribution is -0.119. The first kappa shape index (κ1) is 25.4. The molecule has 0 saturated carbocycles. The van der Waals surface area contributed by atoms with Gasteiger partial charge in [0.05, 0.1) is 10.6 Å². The number of pyridine rings is 1. The second kappa shape index (κ2) is 10.1. The third kappa shape index (κ3) is 5.74. The van der Waals surface area contributed by atoms with Crippen LogP contribution in [0.15, 0.2) is 72.9 Å². The summed E-state index contributed by atoms with van der Waals surface area (Å²) in [7, 11) is 0. The average molecular weight is 501 g/mol. The summed E-state index contributed by atoms with van der Waals surface area (Å²) < 4.78 is 6.32. The molecule has 4 rings (SSSR count). The average Bonchev–Trinajstić information content (AvgIpc) is 3.25. The minimum atomic E-state index is -0.534. The molecule has 2 aromatic carbocycles. The van der Waals surface area contributed by atoms with E-state index in [4.69, 9.17) is 15.5 Å². The van der Waals surface area contributed by atoms with Crippen LogP contribution in [0.4, 0.5) is 10.8 Å². The molecule has 3 N–H and O–H groups in total. The molecule has 7 heteroatoms. The zero-order chi connectivity index (χ0) is 25.9. The standard InChI is InChI=1S/C29H32N4O2S/c1-28(2,3)20-14-9-10-16-22(20)35-26-21(15-11-17-31-26)32-27-33-25(29(4,5)18-23(30)34)24(36-27)19-12-7-6-8-13-19/h6-17H,18H2,1-5H3,(H2,30,34)(H,32,33). The van der Waals surface area contributed by atoms with Crippen molar-refractivity contribution in [2.24, 2.45) is 5.73 Å². The van der Waals surface area contributed by atoms with Crippen molar-refractivity contribution in [3.63, 3.8) is 0 Å². The topological polar surface area (TPSA) is 90.1 Å². The fourth-order valence-corrected chi connectivity index (χ4v) is 5.26. The first-order valence-corrected chi connectivity index (χ1v) is 12.7. The Kier molecular flexibility index (Phi) is 7.13. The van der Waals surface area contributed by atoms with E-state index < -0.39 is 5.41 Å². The summed E-state index contributed by atoms with van der Waals surface area (Å²) in [4.78, 5) is 22.2. The van der Waals surface area contributed by atoms with Crippen molar-refractivity contribution in [3.8, 4) is 22.1 Å². The van der Waals surface area contributed by atoms with Gasteiger partial charge in [-0.05, 0) is 29.2 Å². The highest BCUT2D eigenvalue weighted by molar-refractivity contribution is 7.19. The molecule has 186 valence electrons. The highest BCUT2D eigenvalue weighted by atomic mass is 32.1. The van der Waals surface area contributed by atoms with E-state index in [1.807, 2.05) is 74.5 Å². The van der Waals surface area contributed by atoms with Gasteiger partial charge in [-0.3, -0.25) is 4.79 Å². The van der Waals surface area contributed by atoms with Gasteiger partial charge in [-0.2, -0.15) is 0 Å². The Labute approximate surface area is 216 Å². The number of hydrogen-bond donors (Lipinski definition) is 2. The number of amides is 1. The van der Waals surface area contributed by atoms with Crippen molar-refractivity contribution in [3.05, 3.63) is 84.2 Å². The normalized spacial score (nSPS) is 11.8. The largest absolute Gasteiger partial charge is 0.437 e. The van der Waals surface area contributed by atoms with Crippen molar-refractivity contribution >= 4 is 28.1 Å². The number of aromatic nitrogens is 2. The van der Waals surface area contributed by atoms with Crippen molar-refractivity contribution < 1.29 is 9.53 Å². The number of carbonyl (C=O) groups is 1. The lowest BCUT2D eigenvalue weighted by atomic mass is 9.84. The monoisotopic (exact) mass is 500 g/mol. The fraction of sp³-hybridized carbons (Fsp3) is 0.276. The van der Waals surface area contributed by atoms with Gasteiger partial charge in [-0.15, -0.1) is 0 Å². The summed E-state index contributed by atoms with van der Waals surface area (Å²) in [6.07, 6.45) is 1.90. The number of nitrogens with one attached hydrogen (secondary N) is 1. The predicted molar refractivity (Wildman–Crippen MR) is 147 cm³/mol. The Hall–Kier alpha value is -3.71. The smallest absolute Gasteiger partial charge is 0.243 e. The number of thiazole rings is 1. The lowest BCUT2D eigenvalue weighted by Crippen LogP contribution is -2.27. The van der Waals surface area contributed by atoms with Crippen LogP contribution in [0.1, 0.15) is 52.3 Å². The fourth-order valence-electron chi connectivity index (χ4n) is 4.10. The van der Waals surface area contributed by atoms with E-state index in [9.17, 15) is 4.79 Å². The highest BCUT2D eigenvalue weighted by Gasteiger charge is 2.31. The SMILES string of the molecule is CC(C)(C)c1ccccc1Oc1ncccc1Nc1nc(C(C)(C)CC(N)=O)c(-c2ccccc2)s1. The summed E-state index contributed by atoms with van der Waals surface area (Å²) in [6, 6.07) is 21.8. The Morgan fingerprint density at radius 3 is 2.36 bits per heavy atom. The van der Waals surface area contributed by atoms with Crippen LogP contribution in [0.3, 0.4) is 0 Å². The molecule has 36 heavy (non-hydrogen) atoms. The Morgan fingerprint density at radius 1 is 0.972 bits per heavy atom. The van der Waals surface area contributed by atoms with Crippen molar-refractivity contribution in [1.82, 2.24) is 9.97 Å². The number of para-hydroxylation sites is 1. The molecule has 2 heterocycles. The number of anilines is 2. The van der Waals surface area contributed by atoms with Gasteiger partial charge in [-0.1, -0.05) is 94.5 Å². The number of carbonyl (C=O) groups excluding carboxylic acids is 1. The quantitative estimate of drug-likeness (QED) is 0.267. The zero-order valence-corrected chi connectivity index (χ0v) is 22.1. The molecule has 2 aromatic heterocycles. The Balaban J connectivity index is 1.72. The lowest BCUT2D eigenvalue weighted by Gasteiger charge is -2.23. The summed E-state index contributed by atoms with van der Waals surface area (Å²) in [5, 5.41) is 4.09. The Morgan fingerprint density at radius 2 is 1.67 bits per heavy atom. The number of nitrogens with two attached hydrogens (primary N) is 1. The van der Waals surface area contributed by atoms with Gasteiger partial charge in [0.15, 0.2) is 5.13 Å². The number of rotatable bonds is 8. The van der Waals surface area contributed by atoms with E-state index in [1.54, 1.807) is 6.20 Å². The van der Waals surface area contributed by atoms with Crippen LogP contribution >= 0.6 is 11.3 Å². The first-order valence-electron chi connectivity index (χ1n) is 11.9. The molecule has 6 nitrogen and oxygen atoms in total. The van der Waals surface area contributed by atoms with Crippen molar-refractivity contribution in [2.75, 3.05) is 5.32 Å². The van der Waals surface area contributed by atoms with Crippen molar-refractivity contribution in [2.45, 2.75) is 51.9 Å². The molecule has 0 fully saturated rings. The van der Waals surface area contributed by atoms with Crippen LogP contribution in [0.2, 0.25) is 0 Å². The van der Waals surface area contributed by atoms with Crippen LogP contribution < -0.4 is 15.8 Å². The van der Waals surface area contributed by atoms with E-state index in [-0.39, 0.29) is 17.7 Å². The third-order valence-electron chi connectivity index (χ3n) is 5.83. The highest BCUT2D eigenvalue weighted by Crippen LogP contribution is 2.43. The van der Waals surface area contributed by atoms with E-state index in [2.05, 4.69) is 37.1 Å². The zero-order valence-electron chi connectivity index (χ0n) is 21.3. The Bertz CT molecular complexity index is 1360. The van der Waals surface area contributed by atoms with Gasteiger partial charge in [0.25, 0.3) is 0 Å². The van der Waals surface area contributed by atoms with E-state index >= 15 is 0 Å². The number of nitrogens with zero attached hydrogens (tertiary/aromatic N) is 2.